The highest BCUT2D eigenvalue weighted by Gasteiger charge is 2.26. The van der Waals surface area contributed by atoms with E-state index in [4.69, 9.17) is 4.74 Å². The molecule has 2 fully saturated rings. The van der Waals surface area contributed by atoms with E-state index in [1.54, 1.807) is 0 Å². The maximum atomic E-state index is 12.9. The predicted molar refractivity (Wildman–Crippen MR) is 121 cm³/mol. The molecule has 2 aliphatic heterocycles. The lowest BCUT2D eigenvalue weighted by atomic mass is 10.1. The number of morpholine rings is 1. The number of ether oxygens (including phenoxy) is 1. The van der Waals surface area contributed by atoms with E-state index in [9.17, 15) is 4.79 Å². The number of carbonyl (C=O) groups is 1. The van der Waals surface area contributed by atoms with E-state index in [1.165, 1.54) is 0 Å². The molecule has 2 aromatic rings. The molecule has 3 heterocycles. The third-order valence-electron chi connectivity index (χ3n) is 5.67. The van der Waals surface area contributed by atoms with E-state index < -0.39 is 0 Å². The van der Waals surface area contributed by atoms with Crippen LogP contribution in [0.3, 0.4) is 0 Å². The summed E-state index contributed by atoms with van der Waals surface area (Å²) in [4.78, 5) is 23.9. The van der Waals surface area contributed by atoms with Gasteiger partial charge in [-0.3, -0.25) is 0 Å². The number of urea groups is 1. The summed E-state index contributed by atoms with van der Waals surface area (Å²) in [6, 6.07) is 12.0. The first-order valence-electron chi connectivity index (χ1n) is 10.4. The summed E-state index contributed by atoms with van der Waals surface area (Å²) in [5.41, 5.74) is 2.12. The Kier molecular flexibility index (Phi) is 6.86. The lowest BCUT2D eigenvalue weighted by Gasteiger charge is -2.35. The average molecular weight is 474 g/mol. The van der Waals surface area contributed by atoms with E-state index in [1.807, 2.05) is 47.5 Å². The summed E-state index contributed by atoms with van der Waals surface area (Å²) in [5.74, 6) is 0.972. The maximum absolute atomic E-state index is 12.9. The van der Waals surface area contributed by atoms with Crippen LogP contribution in [0.25, 0.3) is 0 Å². The minimum absolute atomic E-state index is 0.0634. The number of hydrogen-bond donors (Lipinski definition) is 1. The summed E-state index contributed by atoms with van der Waals surface area (Å²) in [5, 5.41) is 3.09. The number of piperazine rings is 1. The Morgan fingerprint density at radius 2 is 2.03 bits per heavy atom. The molecule has 1 N–H and O–H groups in total. The Morgan fingerprint density at radius 1 is 1.20 bits per heavy atom. The van der Waals surface area contributed by atoms with Gasteiger partial charge in [-0.05, 0) is 30.8 Å². The second-order valence-electron chi connectivity index (χ2n) is 7.80. The Morgan fingerprint density at radius 3 is 2.83 bits per heavy atom. The first-order valence-corrected chi connectivity index (χ1v) is 11.2. The Bertz CT molecular complexity index is 872. The molecule has 1 atom stereocenters. The zero-order valence-electron chi connectivity index (χ0n) is 17.3. The molecule has 0 aliphatic carbocycles. The van der Waals surface area contributed by atoms with Gasteiger partial charge in [-0.25, -0.2) is 9.78 Å². The monoisotopic (exact) mass is 473 g/mol. The van der Waals surface area contributed by atoms with Gasteiger partial charge in [-0.1, -0.05) is 34.1 Å². The number of pyridine rings is 1. The van der Waals surface area contributed by atoms with Crippen molar-refractivity contribution in [3.8, 4) is 0 Å². The Balaban J connectivity index is 1.37. The van der Waals surface area contributed by atoms with Crippen LogP contribution >= 0.6 is 15.9 Å². The smallest absolute Gasteiger partial charge is 0.317 e. The quantitative estimate of drug-likeness (QED) is 0.739. The number of carbonyl (C=O) groups excluding carboxylic acids is 1. The molecule has 2 aliphatic rings. The number of benzene rings is 1. The number of halogens is 1. The summed E-state index contributed by atoms with van der Waals surface area (Å²) in [7, 11) is 2.14. The second-order valence-corrected chi connectivity index (χ2v) is 8.71. The van der Waals surface area contributed by atoms with Crippen LogP contribution < -0.4 is 10.2 Å². The molecular formula is C22H28BrN5O2. The van der Waals surface area contributed by atoms with Crippen molar-refractivity contribution < 1.29 is 9.53 Å². The molecule has 30 heavy (non-hydrogen) atoms. The van der Waals surface area contributed by atoms with Gasteiger partial charge >= 0.3 is 6.03 Å². The van der Waals surface area contributed by atoms with Crippen molar-refractivity contribution in [2.45, 2.75) is 12.6 Å². The highest BCUT2D eigenvalue weighted by atomic mass is 79.9. The standard InChI is InChI=1S/C22H28BrN5O2/c1-26-8-10-27(11-9-26)21-18(5-3-7-24-21)15-25-22(29)28-12-13-30-20(16-28)17-4-2-6-19(23)14-17/h2-7,14,20H,8-13,15-16H2,1H3,(H,25,29). The molecular weight excluding hydrogens is 446 g/mol. The normalized spacial score (nSPS) is 20.3. The zero-order valence-corrected chi connectivity index (χ0v) is 18.8. The molecule has 0 radical (unpaired) electrons. The van der Waals surface area contributed by atoms with Crippen molar-refractivity contribution in [3.05, 3.63) is 58.2 Å². The van der Waals surface area contributed by atoms with Crippen molar-refractivity contribution in [2.24, 2.45) is 0 Å². The third kappa shape index (κ3) is 5.11. The topological polar surface area (TPSA) is 60.9 Å². The molecule has 0 spiro atoms. The highest BCUT2D eigenvalue weighted by molar-refractivity contribution is 9.10. The summed E-state index contributed by atoms with van der Waals surface area (Å²) in [6.45, 7) is 6.07. The first-order chi connectivity index (χ1) is 14.6. The second kappa shape index (κ2) is 9.76. The minimum Gasteiger partial charge on any atom is -0.370 e. The third-order valence-corrected chi connectivity index (χ3v) is 6.17. The summed E-state index contributed by atoms with van der Waals surface area (Å²) >= 11 is 3.51. The fourth-order valence-electron chi connectivity index (χ4n) is 3.90. The van der Waals surface area contributed by atoms with Gasteiger partial charge in [0, 0.05) is 55.5 Å². The molecule has 4 rings (SSSR count). The average Bonchev–Trinajstić information content (AvgIpc) is 2.78. The van der Waals surface area contributed by atoms with Gasteiger partial charge in [0.05, 0.1) is 13.2 Å². The molecule has 7 nitrogen and oxygen atoms in total. The van der Waals surface area contributed by atoms with Crippen LogP contribution in [0.1, 0.15) is 17.2 Å². The van der Waals surface area contributed by atoms with Gasteiger partial charge in [-0.15, -0.1) is 0 Å². The minimum atomic E-state index is -0.110. The zero-order chi connectivity index (χ0) is 20.9. The van der Waals surface area contributed by atoms with E-state index in [0.717, 1.165) is 47.6 Å². The number of aromatic nitrogens is 1. The molecule has 1 aromatic heterocycles. The molecule has 160 valence electrons. The fraction of sp³-hybridized carbons (Fsp3) is 0.455. The summed E-state index contributed by atoms with van der Waals surface area (Å²) < 4.78 is 6.92. The van der Waals surface area contributed by atoms with Crippen molar-refractivity contribution in [2.75, 3.05) is 57.8 Å². The van der Waals surface area contributed by atoms with E-state index in [0.29, 0.717) is 26.2 Å². The van der Waals surface area contributed by atoms with Gasteiger partial charge in [-0.2, -0.15) is 0 Å². The van der Waals surface area contributed by atoms with Gasteiger partial charge < -0.3 is 24.8 Å². The van der Waals surface area contributed by atoms with E-state index >= 15 is 0 Å². The highest BCUT2D eigenvalue weighted by Crippen LogP contribution is 2.25. The van der Waals surface area contributed by atoms with Crippen LogP contribution in [-0.4, -0.2) is 73.7 Å². The van der Waals surface area contributed by atoms with Crippen LogP contribution in [0.5, 0.6) is 0 Å². The van der Waals surface area contributed by atoms with Gasteiger partial charge in [0.1, 0.15) is 11.9 Å². The number of anilines is 1. The SMILES string of the molecule is CN1CCN(c2ncccc2CNC(=O)N2CCOC(c3cccc(Br)c3)C2)CC1. The molecule has 0 saturated carbocycles. The molecule has 2 amide bonds. The molecule has 1 unspecified atom stereocenters. The predicted octanol–water partition coefficient (Wildman–Crippen LogP) is 2.88. The van der Waals surface area contributed by atoms with Gasteiger partial charge in [0.15, 0.2) is 0 Å². The number of rotatable bonds is 4. The van der Waals surface area contributed by atoms with Crippen LogP contribution in [0.2, 0.25) is 0 Å². The van der Waals surface area contributed by atoms with E-state index in [2.05, 4.69) is 43.1 Å². The Labute approximate surface area is 186 Å². The number of likely N-dealkylation sites (N-methyl/N-ethyl adjacent to an activating group) is 1. The van der Waals surface area contributed by atoms with Crippen LogP contribution in [0, 0.1) is 0 Å². The molecule has 1 aromatic carbocycles. The fourth-order valence-corrected chi connectivity index (χ4v) is 4.31. The number of amides is 2. The number of nitrogens with one attached hydrogen (secondary N) is 1. The van der Waals surface area contributed by atoms with Crippen molar-refractivity contribution in [1.29, 1.82) is 0 Å². The van der Waals surface area contributed by atoms with Crippen LogP contribution in [0.4, 0.5) is 10.6 Å². The molecule has 8 heteroatoms. The van der Waals surface area contributed by atoms with E-state index in [-0.39, 0.29) is 12.1 Å². The van der Waals surface area contributed by atoms with Crippen molar-refractivity contribution in [3.63, 3.8) is 0 Å². The van der Waals surface area contributed by atoms with Gasteiger partial charge in [0.2, 0.25) is 0 Å². The van der Waals surface area contributed by atoms with Crippen LogP contribution in [0.15, 0.2) is 47.1 Å². The molecule has 0 bridgehead atoms. The van der Waals surface area contributed by atoms with Crippen LogP contribution in [-0.2, 0) is 11.3 Å². The first kappa shape index (κ1) is 21.1. The number of nitrogens with zero attached hydrogens (tertiary/aromatic N) is 4. The lowest BCUT2D eigenvalue weighted by Crippen LogP contribution is -2.47. The largest absolute Gasteiger partial charge is 0.370 e. The summed E-state index contributed by atoms with van der Waals surface area (Å²) in [6.07, 6.45) is 1.71. The lowest BCUT2D eigenvalue weighted by molar-refractivity contribution is -0.0155. The molecule has 2 saturated heterocycles. The number of hydrogen-bond acceptors (Lipinski definition) is 5. The maximum Gasteiger partial charge on any atom is 0.317 e. The van der Waals surface area contributed by atoms with Crippen molar-refractivity contribution >= 4 is 27.8 Å². The Hall–Kier alpha value is -2.16. The van der Waals surface area contributed by atoms with Gasteiger partial charge in [0.25, 0.3) is 0 Å². The van der Waals surface area contributed by atoms with Crippen molar-refractivity contribution in [1.82, 2.24) is 20.1 Å².